The predicted octanol–water partition coefficient (Wildman–Crippen LogP) is 2.19. The fraction of sp³-hybridized carbons (Fsp3) is 0.261. The highest BCUT2D eigenvalue weighted by Gasteiger charge is 2.59. The Labute approximate surface area is 193 Å². The lowest BCUT2D eigenvalue weighted by molar-refractivity contribution is -0.132. The number of hydrogen-bond acceptors (Lipinski definition) is 9. The van der Waals surface area contributed by atoms with Crippen molar-refractivity contribution in [1.29, 1.82) is 0 Å². The Hall–Kier alpha value is -3.66. The van der Waals surface area contributed by atoms with Gasteiger partial charge in [-0.15, -0.1) is 0 Å². The summed E-state index contributed by atoms with van der Waals surface area (Å²) in [4.78, 5) is 41.2. The molecule has 5 rings (SSSR count). The van der Waals surface area contributed by atoms with E-state index in [9.17, 15) is 14.4 Å². The Balaban J connectivity index is 1.64. The first-order chi connectivity index (χ1) is 15.9. The van der Waals surface area contributed by atoms with E-state index in [0.29, 0.717) is 28.5 Å². The number of methoxy groups -OCH3 is 3. The molecule has 1 saturated heterocycles. The zero-order valence-corrected chi connectivity index (χ0v) is 18.8. The van der Waals surface area contributed by atoms with E-state index < -0.39 is 34.9 Å². The van der Waals surface area contributed by atoms with E-state index in [1.54, 1.807) is 36.4 Å². The Kier molecular flexibility index (Phi) is 4.97. The van der Waals surface area contributed by atoms with Gasteiger partial charge in [-0.3, -0.25) is 9.59 Å². The van der Waals surface area contributed by atoms with E-state index in [1.807, 2.05) is 0 Å². The first-order valence-corrected chi connectivity index (χ1v) is 10.9. The van der Waals surface area contributed by atoms with Gasteiger partial charge >= 0.3 is 5.97 Å². The number of anilines is 1. The van der Waals surface area contributed by atoms with Crippen LogP contribution >= 0.6 is 11.8 Å². The van der Waals surface area contributed by atoms with Gasteiger partial charge in [-0.2, -0.15) is 0 Å². The molecule has 10 heteroatoms. The average Bonchev–Trinajstić information content (AvgIpc) is 3.07. The van der Waals surface area contributed by atoms with E-state index in [2.05, 4.69) is 0 Å². The first-order valence-electron chi connectivity index (χ1n) is 10.1. The van der Waals surface area contributed by atoms with Gasteiger partial charge < -0.3 is 24.7 Å². The number of fused-ring (bicyclic) bond motifs is 5. The molecular weight excluding hydrogens is 448 g/mol. The van der Waals surface area contributed by atoms with Gasteiger partial charge in [-0.1, -0.05) is 23.9 Å². The molecule has 3 atom stereocenters. The first kappa shape index (κ1) is 21.2. The van der Waals surface area contributed by atoms with Crippen LogP contribution in [0.1, 0.15) is 11.5 Å². The van der Waals surface area contributed by atoms with Crippen molar-refractivity contribution in [3.63, 3.8) is 0 Å². The molecule has 2 aromatic rings. The van der Waals surface area contributed by atoms with E-state index in [1.165, 1.54) is 21.3 Å². The number of thioether (sulfide) groups is 1. The van der Waals surface area contributed by atoms with Crippen LogP contribution in [0, 0.1) is 5.92 Å². The largest absolute Gasteiger partial charge is 0.493 e. The van der Waals surface area contributed by atoms with Crippen molar-refractivity contribution < 1.29 is 33.3 Å². The number of amides is 2. The molecule has 0 spiro atoms. The summed E-state index contributed by atoms with van der Waals surface area (Å²) >= 11 is 1.02. The molecule has 0 aliphatic carbocycles. The van der Waals surface area contributed by atoms with E-state index in [4.69, 9.17) is 24.7 Å². The lowest BCUT2D eigenvalue weighted by Crippen LogP contribution is -2.39. The van der Waals surface area contributed by atoms with Crippen LogP contribution in [0.4, 0.5) is 5.69 Å². The van der Waals surface area contributed by atoms with Crippen molar-refractivity contribution in [2.24, 2.45) is 11.7 Å². The van der Waals surface area contributed by atoms with Gasteiger partial charge in [0, 0.05) is 17.5 Å². The lowest BCUT2D eigenvalue weighted by atomic mass is 9.77. The maximum absolute atomic E-state index is 13.7. The summed E-state index contributed by atoms with van der Waals surface area (Å²) in [6.07, 6.45) is 0. The summed E-state index contributed by atoms with van der Waals surface area (Å²) in [7, 11) is 4.43. The summed E-state index contributed by atoms with van der Waals surface area (Å²) in [6.45, 7) is 0. The minimum atomic E-state index is -0.836. The molecule has 0 bridgehead atoms. The molecule has 0 unspecified atom stereocenters. The molecule has 170 valence electrons. The number of esters is 1. The van der Waals surface area contributed by atoms with Crippen LogP contribution in [-0.4, -0.2) is 44.4 Å². The zero-order valence-electron chi connectivity index (χ0n) is 18.0. The number of nitrogens with two attached hydrogens (primary N) is 1. The highest BCUT2D eigenvalue weighted by Crippen LogP contribution is 2.56. The molecule has 2 amide bonds. The zero-order chi connectivity index (χ0) is 23.4. The topological polar surface area (TPSA) is 117 Å². The molecule has 0 radical (unpaired) electrons. The van der Waals surface area contributed by atoms with E-state index in [-0.39, 0.29) is 16.4 Å². The van der Waals surface area contributed by atoms with Crippen molar-refractivity contribution in [1.82, 2.24) is 0 Å². The fourth-order valence-corrected chi connectivity index (χ4v) is 5.87. The van der Waals surface area contributed by atoms with Crippen LogP contribution < -0.4 is 29.6 Å². The predicted molar refractivity (Wildman–Crippen MR) is 119 cm³/mol. The summed E-state index contributed by atoms with van der Waals surface area (Å²) in [5.41, 5.74) is 7.35. The number of benzene rings is 2. The van der Waals surface area contributed by atoms with Gasteiger partial charge in [-0.05, 0) is 18.2 Å². The number of hydrogen-bond donors (Lipinski definition) is 1. The SMILES string of the molecule is COc1ccc(N2C(=O)[C@@H]3[C@H](SC(N)=C4C(=O)Oc5c(OC)cccc5[C@@H]43)C2=O)cc1OC. The second-order valence-corrected chi connectivity index (χ2v) is 8.82. The molecule has 0 aromatic heterocycles. The third-order valence-corrected chi connectivity index (χ3v) is 7.31. The smallest absolute Gasteiger partial charge is 0.342 e. The minimum Gasteiger partial charge on any atom is -0.493 e. The fourth-order valence-electron chi connectivity index (χ4n) is 4.63. The summed E-state index contributed by atoms with van der Waals surface area (Å²) in [6, 6.07) is 9.97. The molecule has 3 heterocycles. The van der Waals surface area contributed by atoms with Crippen molar-refractivity contribution in [2.45, 2.75) is 11.2 Å². The Bertz CT molecular complexity index is 1240. The van der Waals surface area contributed by atoms with E-state index >= 15 is 0 Å². The average molecular weight is 468 g/mol. The highest BCUT2D eigenvalue weighted by molar-refractivity contribution is 8.04. The third kappa shape index (κ3) is 2.97. The number of carbonyl (C=O) groups is 3. The monoisotopic (exact) mass is 468 g/mol. The number of carbonyl (C=O) groups excluding carboxylic acids is 3. The van der Waals surface area contributed by atoms with Crippen molar-refractivity contribution >= 4 is 35.2 Å². The second kappa shape index (κ2) is 7.73. The molecule has 0 saturated carbocycles. The van der Waals surface area contributed by atoms with Gasteiger partial charge in [0.05, 0.1) is 43.5 Å². The van der Waals surface area contributed by atoms with Crippen LogP contribution in [-0.2, 0) is 14.4 Å². The lowest BCUT2D eigenvalue weighted by Gasteiger charge is -2.36. The molecule has 2 aromatic carbocycles. The molecule has 3 aliphatic rings. The summed E-state index contributed by atoms with van der Waals surface area (Å²) in [5.74, 6) is -1.60. The highest BCUT2D eigenvalue weighted by atomic mass is 32.2. The number of para-hydroxylation sites is 1. The van der Waals surface area contributed by atoms with Gasteiger partial charge in [0.1, 0.15) is 5.25 Å². The van der Waals surface area contributed by atoms with Crippen LogP contribution in [0.15, 0.2) is 47.0 Å². The molecule has 1 fully saturated rings. The molecule has 3 aliphatic heterocycles. The van der Waals surface area contributed by atoms with Crippen LogP contribution in [0.3, 0.4) is 0 Å². The van der Waals surface area contributed by atoms with Crippen LogP contribution in [0.2, 0.25) is 0 Å². The van der Waals surface area contributed by atoms with Gasteiger partial charge in [0.2, 0.25) is 11.8 Å². The Morgan fingerprint density at radius 3 is 2.36 bits per heavy atom. The number of imide groups is 1. The normalized spacial score (nSPS) is 23.5. The second-order valence-electron chi connectivity index (χ2n) is 7.64. The summed E-state index contributed by atoms with van der Waals surface area (Å²) in [5, 5.41) is -0.612. The maximum Gasteiger partial charge on any atom is 0.342 e. The van der Waals surface area contributed by atoms with Gasteiger partial charge in [-0.25, -0.2) is 9.69 Å². The number of ether oxygens (including phenoxy) is 4. The quantitative estimate of drug-likeness (QED) is 0.409. The van der Waals surface area contributed by atoms with Crippen molar-refractivity contribution in [3.8, 4) is 23.0 Å². The van der Waals surface area contributed by atoms with Gasteiger partial charge in [0.25, 0.3) is 0 Å². The maximum atomic E-state index is 13.7. The molecule has 9 nitrogen and oxygen atoms in total. The van der Waals surface area contributed by atoms with Gasteiger partial charge in [0.15, 0.2) is 23.0 Å². The molecular formula is C23H20N2O7S. The molecule has 33 heavy (non-hydrogen) atoms. The van der Waals surface area contributed by atoms with Crippen molar-refractivity contribution in [3.05, 3.63) is 52.6 Å². The number of rotatable bonds is 4. The third-order valence-electron chi connectivity index (χ3n) is 6.09. The number of nitrogens with zero attached hydrogens (tertiary/aromatic N) is 1. The Morgan fingerprint density at radius 2 is 1.67 bits per heavy atom. The summed E-state index contributed by atoms with van der Waals surface area (Å²) < 4.78 is 21.5. The van der Waals surface area contributed by atoms with Crippen molar-refractivity contribution in [2.75, 3.05) is 26.2 Å². The Morgan fingerprint density at radius 1 is 0.939 bits per heavy atom. The van der Waals surface area contributed by atoms with Crippen LogP contribution in [0.5, 0.6) is 23.0 Å². The standard InChI is InChI=1S/C23H20N2O7S/c1-29-12-8-7-10(9-14(12)31-3)25-21(26)16-15-11-5-4-6-13(30-2)18(11)32-23(28)17(15)20(24)33-19(16)22(25)27/h4-9,15-16,19H,24H2,1-3H3/t15-,16+,19+/m1/s1. The van der Waals surface area contributed by atoms with Crippen LogP contribution in [0.25, 0.3) is 0 Å². The minimum absolute atomic E-state index is 0.176. The molecule has 2 N–H and O–H groups in total. The van der Waals surface area contributed by atoms with E-state index in [0.717, 1.165) is 16.7 Å².